The van der Waals surface area contributed by atoms with Gasteiger partial charge < -0.3 is 4.74 Å². The highest BCUT2D eigenvalue weighted by Crippen LogP contribution is 2.31. The van der Waals surface area contributed by atoms with E-state index in [9.17, 15) is 9.59 Å². The minimum Gasteiger partial charge on any atom is -0.354 e. The summed E-state index contributed by atoms with van der Waals surface area (Å²) in [5.74, 6) is 0. The van der Waals surface area contributed by atoms with Crippen LogP contribution in [0.2, 0.25) is 0 Å². The summed E-state index contributed by atoms with van der Waals surface area (Å²) in [6.07, 6.45) is 1.42. The summed E-state index contributed by atoms with van der Waals surface area (Å²) in [5.41, 5.74) is 9.17. The van der Waals surface area contributed by atoms with Gasteiger partial charge in [0.25, 0.3) is 5.56 Å². The van der Waals surface area contributed by atoms with Gasteiger partial charge in [-0.1, -0.05) is 29.4 Å². The minimum absolute atomic E-state index is 0.358. The highest BCUT2D eigenvalue weighted by Gasteiger charge is 2.36. The molecule has 0 aliphatic carbocycles. The molecule has 0 spiro atoms. The van der Waals surface area contributed by atoms with E-state index in [1.807, 2.05) is 18.2 Å². The van der Waals surface area contributed by atoms with Crippen molar-refractivity contribution < 1.29 is 4.74 Å². The zero-order valence-corrected chi connectivity index (χ0v) is 13.0. The van der Waals surface area contributed by atoms with Gasteiger partial charge in [0.05, 0.1) is 12.1 Å². The second-order valence-corrected chi connectivity index (χ2v) is 5.71. The summed E-state index contributed by atoms with van der Waals surface area (Å²) >= 11 is 0. The molecule has 1 aliphatic heterocycles. The van der Waals surface area contributed by atoms with E-state index in [1.54, 1.807) is 13.0 Å². The number of nitrogens with one attached hydrogen (secondary N) is 1. The molecule has 0 bridgehead atoms. The monoisotopic (exact) mass is 326 g/mol. The average Bonchev–Trinajstić information content (AvgIpc) is 2.95. The van der Waals surface area contributed by atoms with E-state index < -0.39 is 23.5 Å². The number of aryl methyl sites for hydroxylation is 1. The van der Waals surface area contributed by atoms with Crippen LogP contribution in [0.15, 0.2) is 45.2 Å². The predicted octanol–water partition coefficient (Wildman–Crippen LogP) is 1.85. The summed E-state index contributed by atoms with van der Waals surface area (Å²) < 4.78 is 7.29. The molecule has 2 aromatic rings. The molecule has 8 heteroatoms. The largest absolute Gasteiger partial charge is 0.354 e. The second-order valence-electron chi connectivity index (χ2n) is 5.71. The van der Waals surface area contributed by atoms with Crippen molar-refractivity contribution in [2.75, 3.05) is 0 Å². The smallest absolute Gasteiger partial charge is 0.330 e. The van der Waals surface area contributed by atoms with Gasteiger partial charge in [0.15, 0.2) is 0 Å². The number of aromatic amines is 1. The molecule has 1 fully saturated rings. The predicted molar refractivity (Wildman–Crippen MR) is 86.5 cm³/mol. The first-order chi connectivity index (χ1) is 11.6. The van der Waals surface area contributed by atoms with E-state index in [2.05, 4.69) is 21.1 Å². The van der Waals surface area contributed by atoms with Crippen LogP contribution in [0.5, 0.6) is 0 Å². The van der Waals surface area contributed by atoms with Crippen molar-refractivity contribution in [2.24, 2.45) is 5.11 Å². The Morgan fingerprint density at radius 2 is 2.33 bits per heavy atom. The molecule has 1 saturated heterocycles. The molecule has 1 aliphatic rings. The number of rotatable bonds is 4. The Morgan fingerprint density at radius 1 is 1.50 bits per heavy atom. The van der Waals surface area contributed by atoms with Gasteiger partial charge in [0.2, 0.25) is 0 Å². The molecule has 1 aromatic heterocycles. The average molecular weight is 326 g/mol. The van der Waals surface area contributed by atoms with E-state index in [4.69, 9.17) is 10.3 Å². The van der Waals surface area contributed by atoms with Crippen LogP contribution in [0, 0.1) is 13.0 Å². The summed E-state index contributed by atoms with van der Waals surface area (Å²) in [6.45, 7) is 1.62. The number of H-pyrrole nitrogens is 1. The van der Waals surface area contributed by atoms with Crippen molar-refractivity contribution in [3.8, 4) is 0 Å². The molecule has 1 aromatic carbocycles. The Hall–Kier alpha value is -2.83. The number of nitrogens with zero attached hydrogens (tertiary/aromatic N) is 4. The van der Waals surface area contributed by atoms with Crippen LogP contribution in [0.4, 0.5) is 0 Å². The first kappa shape index (κ1) is 16.0. The van der Waals surface area contributed by atoms with E-state index >= 15 is 0 Å². The summed E-state index contributed by atoms with van der Waals surface area (Å²) in [5, 5.41) is 3.80. The van der Waals surface area contributed by atoms with Gasteiger partial charge in [-0.3, -0.25) is 14.3 Å². The molecule has 0 unspecified atom stereocenters. The third-order valence-electron chi connectivity index (χ3n) is 4.05. The Bertz CT molecular complexity index is 883. The first-order valence-electron chi connectivity index (χ1n) is 7.56. The zero-order chi connectivity index (χ0) is 17.1. The van der Waals surface area contributed by atoms with E-state index in [0.717, 1.165) is 5.56 Å². The van der Waals surface area contributed by atoms with E-state index in [1.165, 1.54) is 10.8 Å². The lowest BCUT2D eigenvalue weighted by atomic mass is 10.0. The number of aromatic nitrogens is 2. The van der Waals surface area contributed by atoms with Crippen LogP contribution < -0.4 is 11.2 Å². The number of ether oxygens (including phenoxy) is 1. The molecule has 0 amide bonds. The van der Waals surface area contributed by atoms with Crippen LogP contribution in [0.3, 0.4) is 0 Å². The van der Waals surface area contributed by atoms with Crippen LogP contribution in [0.1, 0.15) is 23.8 Å². The molecular weight excluding hydrogens is 310 g/mol. The fourth-order valence-corrected chi connectivity index (χ4v) is 2.83. The van der Waals surface area contributed by atoms with Crippen molar-refractivity contribution >= 4 is 0 Å². The van der Waals surface area contributed by atoms with Crippen molar-refractivity contribution in [3.63, 3.8) is 0 Å². The Kier molecular flexibility index (Phi) is 4.50. The topological polar surface area (TPSA) is 113 Å². The Labute approximate surface area is 137 Å². The van der Waals surface area contributed by atoms with Crippen molar-refractivity contribution in [1.29, 1.82) is 0 Å². The van der Waals surface area contributed by atoms with Crippen LogP contribution in [-0.2, 0) is 11.2 Å². The molecule has 0 saturated carbocycles. The normalized spacial score (nSPS) is 23.0. The summed E-state index contributed by atoms with van der Waals surface area (Å²) in [7, 11) is 0. The maximum Gasteiger partial charge on any atom is 0.330 e. The molecule has 1 radical (unpaired) electrons. The molecule has 2 heterocycles. The van der Waals surface area contributed by atoms with Crippen molar-refractivity contribution in [2.45, 2.75) is 38.1 Å². The third-order valence-corrected chi connectivity index (χ3v) is 4.05. The van der Waals surface area contributed by atoms with E-state index in [-0.39, 0.29) is 6.10 Å². The third kappa shape index (κ3) is 3.24. The number of hydrogen-bond acceptors (Lipinski definition) is 4. The maximum atomic E-state index is 12.0. The lowest BCUT2D eigenvalue weighted by Gasteiger charge is -2.16. The quantitative estimate of drug-likeness (QED) is 0.525. The number of benzene rings is 1. The SMILES string of the molecule is Cc1cn([C@@H]2C[C@H](N=[N+]=[N-])[C@H](Cc3[c]cccc3)O2)c(=O)[nH]c1=O. The minimum atomic E-state index is -0.586. The summed E-state index contributed by atoms with van der Waals surface area (Å²) in [4.78, 5) is 28.7. The highest BCUT2D eigenvalue weighted by molar-refractivity contribution is 5.15. The van der Waals surface area contributed by atoms with Gasteiger partial charge >= 0.3 is 5.69 Å². The van der Waals surface area contributed by atoms with Gasteiger partial charge in [0, 0.05) is 23.1 Å². The second kappa shape index (κ2) is 6.74. The van der Waals surface area contributed by atoms with Gasteiger partial charge in [-0.2, -0.15) is 0 Å². The Balaban J connectivity index is 1.87. The lowest BCUT2D eigenvalue weighted by Crippen LogP contribution is -2.33. The molecule has 3 atom stereocenters. The maximum absolute atomic E-state index is 12.0. The fourth-order valence-electron chi connectivity index (χ4n) is 2.83. The van der Waals surface area contributed by atoms with Gasteiger partial charge in [-0.25, -0.2) is 4.79 Å². The molecule has 24 heavy (non-hydrogen) atoms. The molecule has 3 rings (SSSR count). The zero-order valence-electron chi connectivity index (χ0n) is 13.0. The number of azide groups is 1. The van der Waals surface area contributed by atoms with Crippen molar-refractivity contribution in [1.82, 2.24) is 9.55 Å². The van der Waals surface area contributed by atoms with Crippen LogP contribution in [-0.4, -0.2) is 21.7 Å². The fraction of sp³-hybridized carbons (Fsp3) is 0.375. The number of hydrogen-bond donors (Lipinski definition) is 1. The molecular formula is C16H16N5O3. The summed E-state index contributed by atoms with van der Waals surface area (Å²) in [6, 6.07) is 10.2. The van der Waals surface area contributed by atoms with Gasteiger partial charge in [0.1, 0.15) is 6.23 Å². The van der Waals surface area contributed by atoms with Crippen LogP contribution >= 0.6 is 0 Å². The van der Waals surface area contributed by atoms with Crippen molar-refractivity contribution in [3.05, 3.63) is 78.9 Å². The highest BCUT2D eigenvalue weighted by atomic mass is 16.5. The van der Waals surface area contributed by atoms with Gasteiger partial charge in [-0.15, -0.1) is 0 Å². The Morgan fingerprint density at radius 3 is 3.04 bits per heavy atom. The molecule has 1 N–H and O–H groups in total. The lowest BCUT2D eigenvalue weighted by molar-refractivity contribution is -0.00237. The van der Waals surface area contributed by atoms with E-state index in [0.29, 0.717) is 18.4 Å². The van der Waals surface area contributed by atoms with Crippen LogP contribution in [0.25, 0.3) is 10.4 Å². The molecule has 123 valence electrons. The van der Waals surface area contributed by atoms with Gasteiger partial charge in [-0.05, 0) is 30.5 Å². The standard InChI is InChI=1S/C16H16N5O3/c1-10-9-21(16(23)18-15(10)22)14-8-12(19-20-17)13(24-14)7-11-5-3-2-4-6-11/h2-5,9,12-14H,7-8H2,1H3,(H,18,22,23)/t12-,13-,14-/m0/s1. The first-order valence-corrected chi connectivity index (χ1v) is 7.56. The molecule has 8 nitrogen and oxygen atoms in total.